The maximum Gasteiger partial charge on any atom is 0.186 e. The normalized spacial score (nSPS) is 26.5. The molecule has 56 heavy (non-hydrogen) atoms. The lowest BCUT2D eigenvalue weighted by atomic mass is 9.91. The molecule has 1 heterocycles. The number of guanidine groups is 1. The van der Waals surface area contributed by atoms with Crippen molar-refractivity contribution in [3.8, 4) is 0 Å². The lowest BCUT2D eigenvalue weighted by Gasteiger charge is -2.40. The number of ketones is 1. The molecule has 0 saturated carbocycles. The molecular formula is C38H71N3O15. The molecule has 1 saturated heterocycles. The van der Waals surface area contributed by atoms with Crippen LogP contribution in [0.4, 0.5) is 0 Å². The molecule has 0 aromatic heterocycles. The number of aliphatic hydroxyl groups is 12. The SMILES string of the molecule is CCC(OC1OC(C)C(O)C(O)C1O)C(C)C(=O)CC(O)CC(O)CC(O)C=CCC(O)CC(O)CC(O)CC(O)C=CCC(O)CC(O)CCCN=C(N)N. The van der Waals surface area contributed by atoms with Crippen molar-refractivity contribution in [1.29, 1.82) is 0 Å². The van der Waals surface area contributed by atoms with Crippen LogP contribution in [0.2, 0.25) is 0 Å². The van der Waals surface area contributed by atoms with Crippen molar-refractivity contribution in [2.24, 2.45) is 22.4 Å². The minimum atomic E-state index is -1.53. The molecule has 1 aliphatic heterocycles. The van der Waals surface area contributed by atoms with Crippen LogP contribution in [-0.4, -0.2) is 171 Å². The Kier molecular flexibility index (Phi) is 25.5. The average Bonchev–Trinajstić information content (AvgIpc) is 3.09. The molecule has 0 aliphatic carbocycles. The summed E-state index contributed by atoms with van der Waals surface area (Å²) in [5.41, 5.74) is 10.5. The highest BCUT2D eigenvalue weighted by molar-refractivity contribution is 5.81. The van der Waals surface area contributed by atoms with Gasteiger partial charge in [0.1, 0.15) is 24.1 Å². The lowest BCUT2D eigenvalue weighted by molar-refractivity contribution is -0.306. The van der Waals surface area contributed by atoms with Gasteiger partial charge in [0.15, 0.2) is 12.2 Å². The third-order valence-electron chi connectivity index (χ3n) is 9.75. The maximum atomic E-state index is 12.9. The van der Waals surface area contributed by atoms with Gasteiger partial charge in [-0.25, -0.2) is 0 Å². The fourth-order valence-electron chi connectivity index (χ4n) is 6.46. The molecule has 18 heteroatoms. The van der Waals surface area contributed by atoms with Crippen molar-refractivity contribution in [1.82, 2.24) is 0 Å². The molecule has 16 atom stereocenters. The predicted molar refractivity (Wildman–Crippen MR) is 205 cm³/mol. The number of nitrogens with two attached hydrogens (primary N) is 2. The second-order valence-electron chi connectivity index (χ2n) is 15.1. The second kappa shape index (κ2) is 27.5. The smallest absolute Gasteiger partial charge is 0.186 e. The van der Waals surface area contributed by atoms with Crippen LogP contribution in [0.25, 0.3) is 0 Å². The van der Waals surface area contributed by atoms with E-state index in [1.807, 2.05) is 0 Å². The highest BCUT2D eigenvalue weighted by atomic mass is 16.7. The van der Waals surface area contributed by atoms with Crippen LogP contribution in [0.3, 0.4) is 0 Å². The van der Waals surface area contributed by atoms with Crippen molar-refractivity contribution in [2.75, 3.05) is 6.54 Å². The topological polar surface area (TPSA) is 343 Å². The van der Waals surface area contributed by atoms with Gasteiger partial charge in [-0.1, -0.05) is 38.2 Å². The number of Topliss-reactive ketones (excluding diaryl/α,β-unsaturated/α-hetero) is 1. The number of ether oxygens (including phenoxy) is 2. The predicted octanol–water partition coefficient (Wildman–Crippen LogP) is -2.26. The highest BCUT2D eigenvalue weighted by Crippen LogP contribution is 2.26. The van der Waals surface area contributed by atoms with Crippen molar-refractivity contribution < 1.29 is 75.5 Å². The van der Waals surface area contributed by atoms with E-state index in [0.29, 0.717) is 25.8 Å². The Bertz CT molecular complexity index is 1160. The Morgan fingerprint density at radius 1 is 0.714 bits per heavy atom. The first-order valence-corrected chi connectivity index (χ1v) is 19.6. The molecule has 16 N–H and O–H groups in total. The highest BCUT2D eigenvalue weighted by Gasteiger charge is 2.44. The summed E-state index contributed by atoms with van der Waals surface area (Å²) >= 11 is 0. The Morgan fingerprint density at radius 2 is 1.20 bits per heavy atom. The monoisotopic (exact) mass is 809 g/mol. The molecule has 0 aromatic rings. The first-order chi connectivity index (χ1) is 26.2. The van der Waals surface area contributed by atoms with Crippen LogP contribution in [-0.2, 0) is 14.3 Å². The summed E-state index contributed by atoms with van der Waals surface area (Å²) in [6, 6.07) is 0. The van der Waals surface area contributed by atoms with Crippen LogP contribution in [0.1, 0.15) is 97.8 Å². The van der Waals surface area contributed by atoms with E-state index in [1.54, 1.807) is 19.9 Å². The van der Waals surface area contributed by atoms with Gasteiger partial charge in [0.2, 0.25) is 0 Å². The van der Waals surface area contributed by atoms with Crippen LogP contribution in [0, 0.1) is 5.92 Å². The van der Waals surface area contributed by atoms with Gasteiger partial charge in [0, 0.05) is 31.7 Å². The number of aliphatic hydroxyl groups excluding tert-OH is 12. The zero-order chi connectivity index (χ0) is 42.5. The van der Waals surface area contributed by atoms with Gasteiger partial charge in [-0.15, -0.1) is 0 Å². The molecule has 0 bridgehead atoms. The largest absolute Gasteiger partial charge is 0.393 e. The van der Waals surface area contributed by atoms with Gasteiger partial charge in [0.05, 0.1) is 67.1 Å². The number of nitrogens with zero attached hydrogens (tertiary/aromatic N) is 1. The molecule has 16 unspecified atom stereocenters. The Hall–Kier alpha value is -2.14. The third kappa shape index (κ3) is 21.6. The number of aliphatic imine (C=N–C) groups is 1. The van der Waals surface area contributed by atoms with E-state index < -0.39 is 97.7 Å². The fourth-order valence-corrected chi connectivity index (χ4v) is 6.46. The number of rotatable bonds is 29. The minimum Gasteiger partial charge on any atom is -0.393 e. The standard InChI is InChI=1S/C38H71N3O15/c1-4-33(56-37-36(54)35(53)34(52)22(3)55-37)21(2)32(51)20-31(50)19-30(49)17-26(45)11-6-10-25(44)16-29(48)18-28(47)15-24(43)9-5-8-23(42)14-27(46)12-7-13-41-38(39)40/h5-6,9,11,21-31,33-37,42-50,52-54H,4,7-8,10,12-20H2,1-3H3,(H4,39,40,41). The van der Waals surface area contributed by atoms with Crippen molar-refractivity contribution >= 4 is 11.7 Å². The molecular weight excluding hydrogens is 738 g/mol. The van der Waals surface area contributed by atoms with Gasteiger partial charge >= 0.3 is 0 Å². The van der Waals surface area contributed by atoms with Crippen LogP contribution < -0.4 is 11.5 Å². The average molecular weight is 810 g/mol. The summed E-state index contributed by atoms with van der Waals surface area (Å²) in [6.45, 7) is 5.23. The summed E-state index contributed by atoms with van der Waals surface area (Å²) in [7, 11) is 0. The van der Waals surface area contributed by atoms with Gasteiger partial charge in [-0.2, -0.15) is 0 Å². The molecule has 0 radical (unpaired) electrons. The van der Waals surface area contributed by atoms with Crippen molar-refractivity contribution in [2.45, 2.75) is 190 Å². The van der Waals surface area contributed by atoms with E-state index in [2.05, 4.69) is 4.99 Å². The van der Waals surface area contributed by atoms with Gasteiger partial charge in [-0.3, -0.25) is 9.79 Å². The Balaban J connectivity index is 2.36. The van der Waals surface area contributed by atoms with E-state index in [0.717, 1.165) is 0 Å². The van der Waals surface area contributed by atoms with Crippen LogP contribution in [0.15, 0.2) is 29.3 Å². The molecule has 1 fully saturated rings. The summed E-state index contributed by atoms with van der Waals surface area (Å²) in [5.74, 6) is -1.14. The van der Waals surface area contributed by atoms with Crippen LogP contribution in [0.5, 0.6) is 0 Å². The summed E-state index contributed by atoms with van der Waals surface area (Å²) < 4.78 is 11.2. The quantitative estimate of drug-likeness (QED) is 0.0164. The zero-order valence-electron chi connectivity index (χ0n) is 32.9. The van der Waals surface area contributed by atoms with E-state index >= 15 is 0 Å². The van der Waals surface area contributed by atoms with Gasteiger partial charge in [0.25, 0.3) is 0 Å². The van der Waals surface area contributed by atoms with Gasteiger partial charge in [-0.05, 0) is 64.7 Å². The Morgan fingerprint density at radius 3 is 1.71 bits per heavy atom. The minimum absolute atomic E-state index is 0.0278. The Labute approximate surface area is 329 Å². The van der Waals surface area contributed by atoms with E-state index in [4.69, 9.17) is 20.9 Å². The summed E-state index contributed by atoms with van der Waals surface area (Å²) in [6.07, 6.45) is -9.99. The second-order valence-corrected chi connectivity index (χ2v) is 15.1. The number of carbonyl (C=O) groups excluding carboxylic acids is 1. The molecule has 0 aromatic carbocycles. The van der Waals surface area contributed by atoms with Crippen molar-refractivity contribution in [3.05, 3.63) is 24.3 Å². The lowest BCUT2D eigenvalue weighted by Crippen LogP contribution is -2.58. The first-order valence-electron chi connectivity index (χ1n) is 19.6. The fraction of sp³-hybridized carbons (Fsp3) is 0.842. The van der Waals surface area contributed by atoms with E-state index in [-0.39, 0.29) is 69.5 Å². The van der Waals surface area contributed by atoms with Crippen molar-refractivity contribution in [3.63, 3.8) is 0 Å². The zero-order valence-corrected chi connectivity index (χ0v) is 32.9. The van der Waals surface area contributed by atoms with Gasteiger partial charge < -0.3 is 82.2 Å². The molecule has 18 nitrogen and oxygen atoms in total. The molecule has 1 rings (SSSR count). The third-order valence-corrected chi connectivity index (χ3v) is 9.75. The first kappa shape index (κ1) is 51.9. The molecule has 328 valence electrons. The molecule has 0 spiro atoms. The van der Waals surface area contributed by atoms with E-state index in [1.165, 1.54) is 25.2 Å². The molecule has 0 amide bonds. The molecule has 1 aliphatic rings. The number of carbonyl (C=O) groups is 1. The summed E-state index contributed by atoms with van der Waals surface area (Å²) in [4.78, 5) is 16.7. The summed E-state index contributed by atoms with van der Waals surface area (Å²) in [5, 5.41) is 123. The number of hydrogen-bond acceptors (Lipinski definition) is 16. The maximum absolute atomic E-state index is 12.9. The van der Waals surface area contributed by atoms with E-state index in [9.17, 15) is 66.1 Å². The van der Waals surface area contributed by atoms with Crippen LogP contribution >= 0.6 is 0 Å². The number of hydrogen-bond donors (Lipinski definition) is 14.